The summed E-state index contributed by atoms with van der Waals surface area (Å²) < 4.78 is 4.91. The number of carbonyl (C=O) groups is 1. The molecule has 2 N–H and O–H groups in total. The molecule has 0 aliphatic carbocycles. The highest BCUT2D eigenvalue weighted by molar-refractivity contribution is 5.68. The van der Waals surface area contributed by atoms with Gasteiger partial charge in [-0.2, -0.15) is 0 Å². The molecule has 88 valence electrons. The predicted molar refractivity (Wildman–Crippen MR) is 54.5 cm³/mol. The fraction of sp³-hybridized carbons (Fsp3) is 0.900. The first-order valence-corrected chi connectivity index (χ1v) is 5.41. The summed E-state index contributed by atoms with van der Waals surface area (Å²) in [5.41, 5.74) is 0. The largest absolute Gasteiger partial charge is 0.450 e. The third-order valence-electron chi connectivity index (χ3n) is 2.76. The van der Waals surface area contributed by atoms with Crippen molar-refractivity contribution in [2.45, 2.75) is 38.3 Å². The maximum absolute atomic E-state index is 11.6. The minimum Gasteiger partial charge on any atom is -0.450 e. The summed E-state index contributed by atoms with van der Waals surface area (Å²) >= 11 is 0. The summed E-state index contributed by atoms with van der Waals surface area (Å²) in [6, 6.07) is -0.426. The first-order valence-electron chi connectivity index (χ1n) is 5.41. The van der Waals surface area contributed by atoms with Crippen molar-refractivity contribution in [3.8, 4) is 0 Å². The molecule has 1 fully saturated rings. The van der Waals surface area contributed by atoms with Gasteiger partial charge < -0.3 is 14.9 Å². The quantitative estimate of drug-likeness (QED) is 0.715. The zero-order valence-corrected chi connectivity index (χ0v) is 9.06. The summed E-state index contributed by atoms with van der Waals surface area (Å²) in [5.74, 6) is 0. The molecule has 15 heavy (non-hydrogen) atoms. The summed E-state index contributed by atoms with van der Waals surface area (Å²) in [7, 11) is 0. The van der Waals surface area contributed by atoms with Crippen LogP contribution in [0, 0.1) is 0 Å². The van der Waals surface area contributed by atoms with Gasteiger partial charge in [-0.1, -0.05) is 0 Å². The summed E-state index contributed by atoms with van der Waals surface area (Å²) in [5, 5.41) is 18.3. The molecule has 5 heteroatoms. The molecule has 0 radical (unpaired) electrons. The normalized spacial score (nSPS) is 26.5. The van der Waals surface area contributed by atoms with E-state index in [1.54, 1.807) is 6.92 Å². The fourth-order valence-electron chi connectivity index (χ4n) is 2.02. The number of piperidine rings is 1. The van der Waals surface area contributed by atoms with Crippen molar-refractivity contribution in [1.82, 2.24) is 4.90 Å². The van der Waals surface area contributed by atoms with Crippen molar-refractivity contribution in [1.29, 1.82) is 0 Å². The van der Waals surface area contributed by atoms with Gasteiger partial charge in [-0.3, -0.25) is 4.90 Å². The molecule has 0 aromatic rings. The predicted octanol–water partition coefficient (Wildman–Crippen LogP) is 0.351. The molecule has 2 atom stereocenters. The molecular formula is C10H19NO4. The minimum atomic E-state index is -0.435. The van der Waals surface area contributed by atoms with Crippen LogP contribution >= 0.6 is 0 Å². The van der Waals surface area contributed by atoms with Crippen LogP contribution in [0.15, 0.2) is 0 Å². The number of carbonyl (C=O) groups excluding carboxylic acids is 1. The molecule has 0 bridgehead atoms. The second-order valence-corrected chi connectivity index (χ2v) is 3.71. The number of ether oxygens (including phenoxy) is 1. The molecule has 0 spiro atoms. The van der Waals surface area contributed by atoms with Gasteiger partial charge in [0.1, 0.15) is 0 Å². The third kappa shape index (κ3) is 2.82. The van der Waals surface area contributed by atoms with Crippen molar-refractivity contribution in [3.63, 3.8) is 0 Å². The van der Waals surface area contributed by atoms with Crippen LogP contribution in [0.2, 0.25) is 0 Å². The van der Waals surface area contributed by atoms with E-state index in [2.05, 4.69) is 0 Å². The maximum Gasteiger partial charge on any atom is 0.410 e. The molecule has 1 aliphatic heterocycles. The SMILES string of the molecule is CCOC(=O)N1[C@H](CO)CCC[C@@H]1CO. The third-order valence-corrected chi connectivity index (χ3v) is 2.76. The Balaban J connectivity index is 2.69. The van der Waals surface area contributed by atoms with E-state index in [0.29, 0.717) is 6.61 Å². The molecule has 1 saturated heterocycles. The Kier molecular flexibility index (Phi) is 4.84. The molecule has 1 aliphatic rings. The molecule has 1 amide bonds. The topological polar surface area (TPSA) is 70.0 Å². The van der Waals surface area contributed by atoms with E-state index in [0.717, 1.165) is 19.3 Å². The van der Waals surface area contributed by atoms with Gasteiger partial charge in [0, 0.05) is 0 Å². The van der Waals surface area contributed by atoms with Crippen LogP contribution in [-0.4, -0.2) is 53.1 Å². The monoisotopic (exact) mass is 217 g/mol. The Hall–Kier alpha value is -0.810. The van der Waals surface area contributed by atoms with Crippen LogP contribution in [0.1, 0.15) is 26.2 Å². The van der Waals surface area contributed by atoms with Crippen LogP contribution in [0.5, 0.6) is 0 Å². The van der Waals surface area contributed by atoms with Crippen molar-refractivity contribution >= 4 is 6.09 Å². The second kappa shape index (κ2) is 5.92. The highest BCUT2D eigenvalue weighted by atomic mass is 16.6. The van der Waals surface area contributed by atoms with E-state index >= 15 is 0 Å². The van der Waals surface area contributed by atoms with Gasteiger partial charge in [0.05, 0.1) is 31.9 Å². The molecule has 0 aromatic carbocycles. The van der Waals surface area contributed by atoms with Crippen molar-refractivity contribution < 1.29 is 19.7 Å². The van der Waals surface area contributed by atoms with Crippen molar-refractivity contribution in [3.05, 3.63) is 0 Å². The van der Waals surface area contributed by atoms with Crippen molar-refractivity contribution in [2.75, 3.05) is 19.8 Å². The number of aliphatic hydroxyl groups is 2. The molecule has 0 aromatic heterocycles. The average Bonchev–Trinajstić information content (AvgIpc) is 2.28. The van der Waals surface area contributed by atoms with E-state index < -0.39 is 6.09 Å². The number of aliphatic hydroxyl groups excluding tert-OH is 2. The zero-order valence-electron chi connectivity index (χ0n) is 9.06. The number of hydrogen-bond acceptors (Lipinski definition) is 4. The van der Waals surface area contributed by atoms with Gasteiger partial charge in [-0.25, -0.2) is 4.79 Å². The van der Waals surface area contributed by atoms with E-state index in [4.69, 9.17) is 14.9 Å². The van der Waals surface area contributed by atoms with Gasteiger partial charge in [0.2, 0.25) is 0 Å². The molecule has 0 saturated carbocycles. The Labute approximate surface area is 89.6 Å². The smallest absolute Gasteiger partial charge is 0.410 e. The highest BCUT2D eigenvalue weighted by Gasteiger charge is 2.34. The minimum absolute atomic E-state index is 0.0741. The Morgan fingerprint density at radius 3 is 2.27 bits per heavy atom. The van der Waals surface area contributed by atoms with Crippen LogP contribution in [0.25, 0.3) is 0 Å². The average molecular weight is 217 g/mol. The number of amides is 1. The zero-order chi connectivity index (χ0) is 11.3. The lowest BCUT2D eigenvalue weighted by Gasteiger charge is -2.39. The molecular weight excluding hydrogens is 198 g/mol. The summed E-state index contributed by atoms with van der Waals surface area (Å²) in [6.07, 6.45) is 2.03. The molecule has 5 nitrogen and oxygen atoms in total. The lowest BCUT2D eigenvalue weighted by Crippen LogP contribution is -2.53. The fourth-order valence-corrected chi connectivity index (χ4v) is 2.02. The van der Waals surface area contributed by atoms with Gasteiger partial charge in [-0.05, 0) is 26.2 Å². The first kappa shape index (κ1) is 12.3. The van der Waals surface area contributed by atoms with Crippen LogP contribution in [0.3, 0.4) is 0 Å². The number of likely N-dealkylation sites (tertiary alicyclic amines) is 1. The Morgan fingerprint density at radius 1 is 1.33 bits per heavy atom. The number of nitrogens with zero attached hydrogens (tertiary/aromatic N) is 1. The standard InChI is InChI=1S/C10H19NO4/c1-2-15-10(14)11-8(6-12)4-3-5-9(11)7-13/h8-9,12-13H,2-7H2,1H3/t8-,9+. The van der Waals surface area contributed by atoms with Crippen molar-refractivity contribution in [2.24, 2.45) is 0 Å². The maximum atomic E-state index is 11.6. The molecule has 1 heterocycles. The van der Waals surface area contributed by atoms with Gasteiger partial charge >= 0.3 is 6.09 Å². The lowest BCUT2D eigenvalue weighted by atomic mass is 9.97. The van der Waals surface area contributed by atoms with E-state index in [1.165, 1.54) is 4.90 Å². The summed E-state index contributed by atoms with van der Waals surface area (Å²) in [4.78, 5) is 13.1. The number of rotatable bonds is 3. The first-order chi connectivity index (χ1) is 7.24. The Bertz CT molecular complexity index is 198. The van der Waals surface area contributed by atoms with Gasteiger partial charge in [0.15, 0.2) is 0 Å². The second-order valence-electron chi connectivity index (χ2n) is 3.71. The molecule has 1 rings (SSSR count). The van der Waals surface area contributed by atoms with E-state index in [9.17, 15) is 4.79 Å². The summed E-state index contributed by atoms with van der Waals surface area (Å²) in [6.45, 7) is 1.90. The highest BCUT2D eigenvalue weighted by Crippen LogP contribution is 2.23. The number of hydrogen-bond donors (Lipinski definition) is 2. The van der Waals surface area contributed by atoms with E-state index in [-0.39, 0.29) is 25.3 Å². The van der Waals surface area contributed by atoms with Crippen LogP contribution in [0.4, 0.5) is 4.79 Å². The van der Waals surface area contributed by atoms with Gasteiger partial charge in [0.25, 0.3) is 0 Å². The van der Waals surface area contributed by atoms with Crippen LogP contribution < -0.4 is 0 Å². The van der Waals surface area contributed by atoms with Crippen LogP contribution in [-0.2, 0) is 4.74 Å². The Morgan fingerprint density at radius 2 is 1.87 bits per heavy atom. The van der Waals surface area contributed by atoms with E-state index in [1.807, 2.05) is 0 Å². The molecule has 0 unspecified atom stereocenters. The van der Waals surface area contributed by atoms with Gasteiger partial charge in [-0.15, -0.1) is 0 Å². The lowest BCUT2D eigenvalue weighted by molar-refractivity contribution is 0.0109.